The Morgan fingerprint density at radius 1 is 1.19 bits per heavy atom. The van der Waals surface area contributed by atoms with Crippen LogP contribution in [0.5, 0.6) is 0 Å². The molecule has 0 saturated carbocycles. The monoisotopic (exact) mass is 305 g/mol. The van der Waals surface area contributed by atoms with Gasteiger partial charge in [0, 0.05) is 24.5 Å². The molecule has 0 aliphatic heterocycles. The number of carbonyl (C=O) groups excluding carboxylic acids is 1. The molecule has 1 heterocycles. The predicted octanol–water partition coefficient (Wildman–Crippen LogP) is 2.53. The summed E-state index contributed by atoms with van der Waals surface area (Å²) in [5.74, 6) is -0.303. The molecule has 0 radical (unpaired) electrons. The highest BCUT2D eigenvalue weighted by molar-refractivity contribution is 7.13. The third-order valence-corrected chi connectivity index (χ3v) is 4.14. The van der Waals surface area contributed by atoms with Gasteiger partial charge in [0.25, 0.3) is 0 Å². The van der Waals surface area contributed by atoms with Gasteiger partial charge in [0.05, 0.1) is 13.7 Å². The summed E-state index contributed by atoms with van der Waals surface area (Å²) in [6.07, 6.45) is 0. The second kappa shape index (κ2) is 7.93. The minimum Gasteiger partial charge on any atom is -0.465 e. The largest absolute Gasteiger partial charge is 0.465 e. The van der Waals surface area contributed by atoms with Gasteiger partial charge < -0.3 is 9.84 Å². The van der Waals surface area contributed by atoms with Crippen molar-refractivity contribution in [2.75, 3.05) is 20.3 Å². The first kappa shape index (κ1) is 15.7. The molecule has 4 nitrogen and oxygen atoms in total. The van der Waals surface area contributed by atoms with E-state index in [-0.39, 0.29) is 12.6 Å². The maximum absolute atomic E-state index is 11.5. The van der Waals surface area contributed by atoms with E-state index in [4.69, 9.17) is 4.74 Å². The van der Waals surface area contributed by atoms with E-state index in [2.05, 4.69) is 17.0 Å². The van der Waals surface area contributed by atoms with Gasteiger partial charge in [-0.05, 0) is 17.7 Å². The van der Waals surface area contributed by atoms with Crippen LogP contribution in [0.2, 0.25) is 0 Å². The predicted molar refractivity (Wildman–Crippen MR) is 83.3 cm³/mol. The molecular formula is C16H19NO3S. The highest BCUT2D eigenvalue weighted by Crippen LogP contribution is 2.20. The number of thiophene rings is 1. The van der Waals surface area contributed by atoms with Gasteiger partial charge in [0.1, 0.15) is 4.88 Å². The van der Waals surface area contributed by atoms with E-state index in [0.29, 0.717) is 18.0 Å². The summed E-state index contributed by atoms with van der Waals surface area (Å²) >= 11 is 1.43. The van der Waals surface area contributed by atoms with Gasteiger partial charge in [-0.1, -0.05) is 30.3 Å². The fourth-order valence-corrected chi connectivity index (χ4v) is 3.06. The third kappa shape index (κ3) is 4.67. The standard InChI is InChI=1S/C16H19NO3S/c1-20-16(19)15-8-7-14(21-15)12-17(9-10-18)11-13-5-3-2-4-6-13/h2-8,18H,9-12H2,1H3. The van der Waals surface area contributed by atoms with Crippen LogP contribution >= 0.6 is 11.3 Å². The van der Waals surface area contributed by atoms with E-state index >= 15 is 0 Å². The molecule has 5 heteroatoms. The molecule has 0 saturated heterocycles. The van der Waals surface area contributed by atoms with Gasteiger partial charge in [0.2, 0.25) is 0 Å². The number of benzene rings is 1. The molecular weight excluding hydrogens is 286 g/mol. The number of hydrogen-bond acceptors (Lipinski definition) is 5. The van der Waals surface area contributed by atoms with E-state index in [0.717, 1.165) is 11.4 Å². The van der Waals surface area contributed by atoms with Crippen molar-refractivity contribution in [3.8, 4) is 0 Å². The van der Waals surface area contributed by atoms with Crippen molar-refractivity contribution >= 4 is 17.3 Å². The van der Waals surface area contributed by atoms with Crippen LogP contribution in [0.25, 0.3) is 0 Å². The maximum Gasteiger partial charge on any atom is 0.348 e. The van der Waals surface area contributed by atoms with Crippen molar-refractivity contribution in [2.45, 2.75) is 13.1 Å². The van der Waals surface area contributed by atoms with Gasteiger partial charge in [-0.25, -0.2) is 4.79 Å². The Labute approximate surface area is 128 Å². The van der Waals surface area contributed by atoms with E-state index < -0.39 is 0 Å². The number of aliphatic hydroxyl groups is 1. The van der Waals surface area contributed by atoms with Crippen LogP contribution < -0.4 is 0 Å². The number of ether oxygens (including phenoxy) is 1. The molecule has 0 aliphatic carbocycles. The molecule has 0 amide bonds. The van der Waals surface area contributed by atoms with Crippen LogP contribution in [0.4, 0.5) is 0 Å². The molecule has 0 unspecified atom stereocenters. The smallest absolute Gasteiger partial charge is 0.348 e. The Hall–Kier alpha value is -1.69. The maximum atomic E-state index is 11.5. The quantitative estimate of drug-likeness (QED) is 0.799. The second-order valence-electron chi connectivity index (χ2n) is 4.68. The lowest BCUT2D eigenvalue weighted by Crippen LogP contribution is -2.25. The molecule has 112 valence electrons. The lowest BCUT2D eigenvalue weighted by atomic mass is 10.2. The lowest BCUT2D eigenvalue weighted by molar-refractivity contribution is 0.0606. The van der Waals surface area contributed by atoms with Crippen molar-refractivity contribution in [3.05, 3.63) is 57.8 Å². The van der Waals surface area contributed by atoms with Crippen LogP contribution in [0.1, 0.15) is 20.1 Å². The highest BCUT2D eigenvalue weighted by Gasteiger charge is 2.12. The van der Waals surface area contributed by atoms with Gasteiger partial charge in [-0.3, -0.25) is 4.90 Å². The topological polar surface area (TPSA) is 49.8 Å². The zero-order valence-electron chi connectivity index (χ0n) is 12.0. The second-order valence-corrected chi connectivity index (χ2v) is 5.85. The van der Waals surface area contributed by atoms with Crippen molar-refractivity contribution in [2.24, 2.45) is 0 Å². The van der Waals surface area contributed by atoms with E-state index in [1.807, 2.05) is 24.3 Å². The Balaban J connectivity index is 2.02. The molecule has 1 aromatic carbocycles. The van der Waals surface area contributed by atoms with Gasteiger partial charge in [0.15, 0.2) is 0 Å². The minimum atomic E-state index is -0.303. The number of aliphatic hydroxyl groups excluding tert-OH is 1. The summed E-state index contributed by atoms with van der Waals surface area (Å²) in [5.41, 5.74) is 1.20. The van der Waals surface area contributed by atoms with Crippen LogP contribution in [0.3, 0.4) is 0 Å². The Bertz CT molecular complexity index is 568. The molecule has 0 aliphatic rings. The Morgan fingerprint density at radius 3 is 2.62 bits per heavy atom. The highest BCUT2D eigenvalue weighted by atomic mass is 32.1. The molecule has 0 spiro atoms. The average molecular weight is 305 g/mol. The van der Waals surface area contributed by atoms with Crippen molar-refractivity contribution < 1.29 is 14.6 Å². The fourth-order valence-electron chi connectivity index (χ4n) is 2.09. The van der Waals surface area contributed by atoms with Gasteiger partial charge >= 0.3 is 5.97 Å². The van der Waals surface area contributed by atoms with Crippen LogP contribution in [-0.4, -0.2) is 36.2 Å². The fraction of sp³-hybridized carbons (Fsp3) is 0.312. The van der Waals surface area contributed by atoms with Crippen LogP contribution in [0, 0.1) is 0 Å². The summed E-state index contributed by atoms with van der Waals surface area (Å²) in [6, 6.07) is 13.9. The summed E-state index contributed by atoms with van der Waals surface area (Å²) in [5, 5.41) is 9.21. The number of carbonyl (C=O) groups is 1. The minimum absolute atomic E-state index is 0.113. The number of nitrogens with zero attached hydrogens (tertiary/aromatic N) is 1. The number of rotatable bonds is 7. The number of hydrogen-bond donors (Lipinski definition) is 1. The first-order valence-electron chi connectivity index (χ1n) is 6.77. The summed E-state index contributed by atoms with van der Waals surface area (Å²) in [7, 11) is 1.38. The molecule has 21 heavy (non-hydrogen) atoms. The molecule has 0 atom stereocenters. The number of esters is 1. The summed E-state index contributed by atoms with van der Waals surface area (Å²) < 4.78 is 4.72. The molecule has 1 aromatic heterocycles. The average Bonchev–Trinajstić information content (AvgIpc) is 2.96. The van der Waals surface area contributed by atoms with Crippen molar-refractivity contribution in [1.82, 2.24) is 4.90 Å². The Morgan fingerprint density at radius 2 is 1.95 bits per heavy atom. The summed E-state index contributed by atoms with van der Waals surface area (Å²) in [6.45, 7) is 2.19. The first-order chi connectivity index (χ1) is 10.2. The normalized spacial score (nSPS) is 10.8. The molecule has 1 N–H and O–H groups in total. The zero-order chi connectivity index (χ0) is 15.1. The van der Waals surface area contributed by atoms with Gasteiger partial charge in [-0.2, -0.15) is 0 Å². The van der Waals surface area contributed by atoms with Gasteiger partial charge in [-0.15, -0.1) is 11.3 Å². The van der Waals surface area contributed by atoms with Crippen LogP contribution in [-0.2, 0) is 17.8 Å². The molecule has 2 aromatic rings. The Kier molecular flexibility index (Phi) is 5.92. The SMILES string of the molecule is COC(=O)c1ccc(CN(CCO)Cc2ccccc2)s1. The third-order valence-electron chi connectivity index (χ3n) is 3.09. The van der Waals surface area contributed by atoms with Crippen LogP contribution in [0.15, 0.2) is 42.5 Å². The zero-order valence-corrected chi connectivity index (χ0v) is 12.8. The number of methoxy groups -OCH3 is 1. The van der Waals surface area contributed by atoms with E-state index in [9.17, 15) is 9.90 Å². The van der Waals surface area contributed by atoms with E-state index in [1.165, 1.54) is 24.0 Å². The molecule has 0 fully saturated rings. The first-order valence-corrected chi connectivity index (χ1v) is 7.58. The van der Waals surface area contributed by atoms with E-state index in [1.54, 1.807) is 6.07 Å². The lowest BCUT2D eigenvalue weighted by Gasteiger charge is -2.20. The summed E-state index contributed by atoms with van der Waals surface area (Å²) in [4.78, 5) is 15.3. The van der Waals surface area contributed by atoms with Crippen molar-refractivity contribution in [1.29, 1.82) is 0 Å². The molecule has 2 rings (SSSR count). The van der Waals surface area contributed by atoms with Crippen molar-refractivity contribution in [3.63, 3.8) is 0 Å². The molecule has 0 bridgehead atoms.